The quantitative estimate of drug-likeness (QED) is 0.131. The van der Waals surface area contributed by atoms with Gasteiger partial charge in [0, 0.05) is 43.4 Å². The zero-order valence-corrected chi connectivity index (χ0v) is 31.6. The SMILES string of the molecule is CC1(C)c2ccccc2-c2cc3c4cc(-c5c6ccccc6c(-n6c(=O)c7ccccc7c7ccccc76)c6ccccc56)ccc4n(-c4ccccc4)c3cc21. The molecule has 268 valence electrons. The van der Waals surface area contributed by atoms with Crippen molar-refractivity contribution in [2.24, 2.45) is 0 Å². The highest BCUT2D eigenvalue weighted by Gasteiger charge is 2.36. The number of hydrogen-bond acceptors (Lipinski definition) is 1. The standard InChI is InChI=1S/C54H36N2O/c1-54(2)46-26-14-12-19-36(46)43-31-45-44-30-33(28-29-49(44)55(50(45)32-47(43)54)34-16-4-3-5-17-34)51-38-21-7-9-23-40(38)52(41-24-10-8-22-39(41)51)56-48-27-15-13-20-37(48)35-18-6-11-25-42(35)53(56)57/h3-32H,1-2H3. The van der Waals surface area contributed by atoms with Crippen LogP contribution >= 0.6 is 0 Å². The van der Waals surface area contributed by atoms with Gasteiger partial charge in [-0.05, 0) is 98.1 Å². The molecule has 1 aliphatic rings. The largest absolute Gasteiger partial charge is 0.309 e. The third-order valence-corrected chi connectivity index (χ3v) is 12.7. The van der Waals surface area contributed by atoms with Crippen LogP contribution in [0.15, 0.2) is 187 Å². The smallest absolute Gasteiger partial charge is 0.263 e. The summed E-state index contributed by atoms with van der Waals surface area (Å²) in [6.07, 6.45) is 0. The van der Waals surface area contributed by atoms with Crippen molar-refractivity contribution in [2.75, 3.05) is 0 Å². The van der Waals surface area contributed by atoms with Gasteiger partial charge in [0.05, 0.1) is 22.2 Å². The molecule has 0 unspecified atom stereocenters. The number of hydrogen-bond donors (Lipinski definition) is 0. The van der Waals surface area contributed by atoms with E-state index in [1.807, 2.05) is 28.8 Å². The van der Waals surface area contributed by atoms with E-state index in [-0.39, 0.29) is 11.0 Å². The van der Waals surface area contributed by atoms with E-state index in [0.717, 1.165) is 54.8 Å². The molecule has 0 spiro atoms. The van der Waals surface area contributed by atoms with Gasteiger partial charge in [0.25, 0.3) is 5.56 Å². The molecule has 0 saturated carbocycles. The Morgan fingerprint density at radius 3 is 1.68 bits per heavy atom. The molecule has 2 aromatic heterocycles. The maximum Gasteiger partial charge on any atom is 0.263 e. The highest BCUT2D eigenvalue weighted by Crippen LogP contribution is 2.51. The van der Waals surface area contributed by atoms with Gasteiger partial charge in [0.1, 0.15) is 0 Å². The first-order valence-electron chi connectivity index (χ1n) is 19.7. The Bertz CT molecular complexity index is 3510. The maximum atomic E-state index is 14.7. The van der Waals surface area contributed by atoms with Crippen LogP contribution in [0.3, 0.4) is 0 Å². The lowest BCUT2D eigenvalue weighted by Crippen LogP contribution is -2.20. The van der Waals surface area contributed by atoms with Crippen molar-refractivity contribution in [2.45, 2.75) is 19.3 Å². The Morgan fingerprint density at radius 1 is 0.386 bits per heavy atom. The molecule has 0 atom stereocenters. The lowest BCUT2D eigenvalue weighted by Gasteiger charge is -2.21. The molecular weight excluding hydrogens is 693 g/mol. The molecule has 0 radical (unpaired) electrons. The molecule has 12 rings (SSSR count). The van der Waals surface area contributed by atoms with Gasteiger partial charge in [-0.25, -0.2) is 0 Å². The minimum Gasteiger partial charge on any atom is -0.309 e. The van der Waals surface area contributed by atoms with Crippen LogP contribution in [0.4, 0.5) is 0 Å². The summed E-state index contributed by atoms with van der Waals surface area (Å²) in [6, 6.07) is 65.0. The van der Waals surface area contributed by atoms with Gasteiger partial charge in [-0.2, -0.15) is 0 Å². The first-order valence-corrected chi connectivity index (χ1v) is 19.7. The monoisotopic (exact) mass is 728 g/mol. The second-order valence-corrected chi connectivity index (χ2v) is 16.0. The first-order chi connectivity index (χ1) is 28.0. The predicted molar refractivity (Wildman–Crippen MR) is 239 cm³/mol. The number of para-hydroxylation sites is 2. The number of benzene rings is 9. The maximum absolute atomic E-state index is 14.7. The molecule has 0 amide bonds. The third kappa shape index (κ3) is 4.34. The molecule has 3 heteroatoms. The van der Waals surface area contributed by atoms with E-state index in [2.05, 4.69) is 176 Å². The molecule has 0 N–H and O–H groups in total. The minimum absolute atomic E-state index is 0.0141. The predicted octanol–water partition coefficient (Wildman–Crippen LogP) is 13.5. The van der Waals surface area contributed by atoms with Crippen LogP contribution in [0.2, 0.25) is 0 Å². The van der Waals surface area contributed by atoms with E-state index >= 15 is 0 Å². The summed E-state index contributed by atoms with van der Waals surface area (Å²) in [6.45, 7) is 4.71. The van der Waals surface area contributed by atoms with E-state index in [1.165, 1.54) is 49.6 Å². The Labute approximate surface area is 329 Å². The third-order valence-electron chi connectivity index (χ3n) is 12.7. The van der Waals surface area contributed by atoms with Gasteiger partial charge in [0.2, 0.25) is 0 Å². The molecule has 3 nitrogen and oxygen atoms in total. The summed E-state index contributed by atoms with van der Waals surface area (Å²) in [7, 11) is 0. The molecule has 0 saturated heterocycles. The summed E-state index contributed by atoms with van der Waals surface area (Å²) < 4.78 is 4.40. The van der Waals surface area contributed by atoms with Crippen molar-refractivity contribution in [3.8, 4) is 33.6 Å². The van der Waals surface area contributed by atoms with Crippen LogP contribution in [0.1, 0.15) is 25.0 Å². The normalized spacial score (nSPS) is 13.3. The summed E-state index contributed by atoms with van der Waals surface area (Å²) >= 11 is 0. The van der Waals surface area contributed by atoms with Crippen molar-refractivity contribution < 1.29 is 0 Å². The second-order valence-electron chi connectivity index (χ2n) is 16.0. The summed E-state index contributed by atoms with van der Waals surface area (Å²) in [4.78, 5) is 14.7. The first kappa shape index (κ1) is 32.1. The molecule has 2 heterocycles. The van der Waals surface area contributed by atoms with Gasteiger partial charge < -0.3 is 4.57 Å². The minimum atomic E-state index is -0.110. The Kier molecular flexibility index (Phi) is 6.55. The number of rotatable bonds is 3. The van der Waals surface area contributed by atoms with Gasteiger partial charge in [0.15, 0.2) is 0 Å². The number of fused-ring (bicyclic) bond motifs is 11. The lowest BCUT2D eigenvalue weighted by molar-refractivity contribution is 0.661. The Balaban J connectivity index is 1.19. The fraction of sp³-hybridized carbons (Fsp3) is 0.0556. The van der Waals surface area contributed by atoms with Crippen molar-refractivity contribution in [3.63, 3.8) is 0 Å². The molecule has 9 aromatic carbocycles. The van der Waals surface area contributed by atoms with E-state index in [9.17, 15) is 4.79 Å². The van der Waals surface area contributed by atoms with Crippen LogP contribution in [0.25, 0.3) is 98.7 Å². The molecule has 0 bridgehead atoms. The van der Waals surface area contributed by atoms with E-state index < -0.39 is 0 Å². The van der Waals surface area contributed by atoms with Gasteiger partial charge >= 0.3 is 0 Å². The highest BCUT2D eigenvalue weighted by atomic mass is 16.1. The van der Waals surface area contributed by atoms with E-state index in [0.29, 0.717) is 5.39 Å². The van der Waals surface area contributed by atoms with Crippen LogP contribution < -0.4 is 5.56 Å². The van der Waals surface area contributed by atoms with E-state index in [1.54, 1.807) is 0 Å². The second kappa shape index (κ2) is 11.6. The molecule has 0 fully saturated rings. The van der Waals surface area contributed by atoms with Crippen molar-refractivity contribution >= 4 is 65.0 Å². The van der Waals surface area contributed by atoms with Gasteiger partial charge in [-0.15, -0.1) is 0 Å². The van der Waals surface area contributed by atoms with Gasteiger partial charge in [-0.1, -0.05) is 147 Å². The number of aromatic nitrogens is 2. The molecular formula is C54H36N2O. The summed E-state index contributed by atoms with van der Waals surface area (Å²) in [5.74, 6) is 0. The molecule has 1 aliphatic carbocycles. The van der Waals surface area contributed by atoms with Crippen molar-refractivity contribution in [3.05, 3.63) is 203 Å². The zero-order chi connectivity index (χ0) is 38.0. The fourth-order valence-electron chi connectivity index (χ4n) is 10.1. The highest BCUT2D eigenvalue weighted by molar-refractivity contribution is 6.21. The lowest BCUT2D eigenvalue weighted by atomic mass is 9.82. The average Bonchev–Trinajstić information content (AvgIpc) is 3.70. The topological polar surface area (TPSA) is 26.9 Å². The zero-order valence-electron chi connectivity index (χ0n) is 31.6. The molecule has 0 aliphatic heterocycles. The average molecular weight is 729 g/mol. The number of nitrogens with zero attached hydrogens (tertiary/aromatic N) is 2. The number of pyridine rings is 1. The van der Waals surface area contributed by atoms with Crippen molar-refractivity contribution in [1.29, 1.82) is 0 Å². The Hall–Kier alpha value is -7.23. The van der Waals surface area contributed by atoms with E-state index in [4.69, 9.17) is 0 Å². The summed E-state index contributed by atoms with van der Waals surface area (Å²) in [5, 5.41) is 9.49. The van der Waals surface area contributed by atoms with Crippen LogP contribution in [0, 0.1) is 0 Å². The van der Waals surface area contributed by atoms with Gasteiger partial charge in [-0.3, -0.25) is 9.36 Å². The van der Waals surface area contributed by atoms with Crippen LogP contribution in [0.5, 0.6) is 0 Å². The van der Waals surface area contributed by atoms with Crippen LogP contribution in [-0.4, -0.2) is 9.13 Å². The van der Waals surface area contributed by atoms with Crippen LogP contribution in [-0.2, 0) is 5.41 Å². The fourth-order valence-corrected chi connectivity index (χ4v) is 10.1. The summed E-state index contributed by atoms with van der Waals surface area (Å²) in [5.41, 5.74) is 12.9. The molecule has 57 heavy (non-hydrogen) atoms. The molecule has 11 aromatic rings. The van der Waals surface area contributed by atoms with Crippen molar-refractivity contribution in [1.82, 2.24) is 9.13 Å². The Morgan fingerprint density at radius 2 is 0.947 bits per heavy atom.